The number of nitrogens with zero attached hydrogens (tertiary/aromatic N) is 2. The fraction of sp³-hybridized carbons (Fsp3) is 0.160. The van der Waals surface area contributed by atoms with Gasteiger partial charge in [0, 0.05) is 17.7 Å². The summed E-state index contributed by atoms with van der Waals surface area (Å²) < 4.78 is 5.74. The predicted molar refractivity (Wildman–Crippen MR) is 137 cm³/mol. The number of anilines is 1. The standard InChI is InChI=1S/C25H20ClN3O5S/c1-2-3-4-15-5-7-16(8-6-15)28-24(31)20(23(30)27-25(28)35)14-18-10-12-22(34-18)19-13-17(29(32)33)9-11-21(19)26/h5-14H,2-4H2,1H3,(H,27,30,35)/b20-14-. The molecule has 0 bridgehead atoms. The van der Waals surface area contributed by atoms with Gasteiger partial charge in [-0.1, -0.05) is 37.1 Å². The van der Waals surface area contributed by atoms with Gasteiger partial charge in [-0.3, -0.25) is 29.9 Å². The van der Waals surface area contributed by atoms with Gasteiger partial charge in [0.2, 0.25) is 0 Å². The van der Waals surface area contributed by atoms with E-state index >= 15 is 0 Å². The Morgan fingerprint density at radius 3 is 2.57 bits per heavy atom. The third-order valence-electron chi connectivity index (χ3n) is 5.45. The molecular formula is C25H20ClN3O5S. The smallest absolute Gasteiger partial charge is 0.270 e. The fourth-order valence-corrected chi connectivity index (χ4v) is 4.11. The minimum atomic E-state index is -0.651. The lowest BCUT2D eigenvalue weighted by Crippen LogP contribution is -2.54. The highest BCUT2D eigenvalue weighted by atomic mass is 35.5. The van der Waals surface area contributed by atoms with Gasteiger partial charge >= 0.3 is 0 Å². The van der Waals surface area contributed by atoms with Crippen LogP contribution in [-0.4, -0.2) is 21.9 Å². The van der Waals surface area contributed by atoms with Crippen LogP contribution in [0.5, 0.6) is 0 Å². The maximum Gasteiger partial charge on any atom is 0.270 e. The maximum absolute atomic E-state index is 13.2. The number of benzene rings is 2. The molecule has 2 heterocycles. The normalized spacial score (nSPS) is 15.0. The highest BCUT2D eigenvalue weighted by molar-refractivity contribution is 7.80. The van der Waals surface area contributed by atoms with E-state index in [0.29, 0.717) is 11.3 Å². The van der Waals surface area contributed by atoms with E-state index in [-0.39, 0.29) is 32.9 Å². The van der Waals surface area contributed by atoms with Gasteiger partial charge in [-0.2, -0.15) is 0 Å². The highest BCUT2D eigenvalue weighted by Crippen LogP contribution is 2.33. The maximum atomic E-state index is 13.2. The Hall–Kier alpha value is -3.82. The number of thiocarbonyl (C=S) groups is 1. The van der Waals surface area contributed by atoms with Crippen LogP contribution in [0.2, 0.25) is 5.02 Å². The largest absolute Gasteiger partial charge is 0.457 e. The van der Waals surface area contributed by atoms with E-state index in [1.807, 2.05) is 12.1 Å². The van der Waals surface area contributed by atoms with Crippen LogP contribution in [0.3, 0.4) is 0 Å². The van der Waals surface area contributed by atoms with E-state index in [0.717, 1.165) is 24.8 Å². The number of rotatable bonds is 7. The van der Waals surface area contributed by atoms with Crippen LogP contribution in [0, 0.1) is 10.1 Å². The monoisotopic (exact) mass is 509 g/mol. The molecule has 0 spiro atoms. The van der Waals surface area contributed by atoms with Crippen LogP contribution in [0.15, 0.2) is 64.6 Å². The van der Waals surface area contributed by atoms with Crippen molar-refractivity contribution in [2.75, 3.05) is 4.90 Å². The van der Waals surface area contributed by atoms with E-state index in [1.54, 1.807) is 18.2 Å². The third-order valence-corrected chi connectivity index (χ3v) is 6.07. The lowest BCUT2D eigenvalue weighted by Gasteiger charge is -2.28. The summed E-state index contributed by atoms with van der Waals surface area (Å²) in [5.74, 6) is -0.790. The Kier molecular flexibility index (Phi) is 7.09. The molecule has 35 heavy (non-hydrogen) atoms. The molecule has 1 saturated heterocycles. The van der Waals surface area contributed by atoms with Crippen molar-refractivity contribution in [1.29, 1.82) is 0 Å². The summed E-state index contributed by atoms with van der Waals surface area (Å²) in [4.78, 5) is 37.6. The van der Waals surface area contributed by atoms with Crippen LogP contribution in [0.4, 0.5) is 11.4 Å². The number of hydrogen-bond acceptors (Lipinski definition) is 6. The summed E-state index contributed by atoms with van der Waals surface area (Å²) in [6.07, 6.45) is 4.39. The summed E-state index contributed by atoms with van der Waals surface area (Å²) >= 11 is 11.4. The molecule has 178 valence electrons. The molecule has 10 heteroatoms. The summed E-state index contributed by atoms with van der Waals surface area (Å²) in [7, 11) is 0. The van der Waals surface area contributed by atoms with Gasteiger partial charge in [0.05, 0.1) is 15.6 Å². The predicted octanol–water partition coefficient (Wildman–Crippen LogP) is 5.68. The first-order chi connectivity index (χ1) is 16.8. The van der Waals surface area contributed by atoms with Crippen LogP contribution in [0.25, 0.3) is 17.4 Å². The first-order valence-electron chi connectivity index (χ1n) is 10.8. The zero-order valence-electron chi connectivity index (χ0n) is 18.6. The Balaban J connectivity index is 1.63. The van der Waals surface area contributed by atoms with Crippen molar-refractivity contribution in [1.82, 2.24) is 5.32 Å². The van der Waals surface area contributed by atoms with Crippen molar-refractivity contribution in [2.45, 2.75) is 26.2 Å². The summed E-state index contributed by atoms with van der Waals surface area (Å²) in [5, 5.41) is 13.9. The molecule has 0 saturated carbocycles. The Bertz CT molecular complexity index is 1360. The Morgan fingerprint density at radius 2 is 1.89 bits per heavy atom. The number of nitro benzene ring substituents is 1. The topological polar surface area (TPSA) is 106 Å². The Labute approximate surface area is 211 Å². The van der Waals surface area contributed by atoms with Crippen molar-refractivity contribution >= 4 is 58.2 Å². The van der Waals surface area contributed by atoms with E-state index in [1.165, 1.54) is 35.2 Å². The third kappa shape index (κ3) is 5.16. The molecule has 1 aliphatic rings. The molecule has 8 nitrogen and oxygen atoms in total. The highest BCUT2D eigenvalue weighted by Gasteiger charge is 2.34. The molecule has 0 radical (unpaired) electrons. The van der Waals surface area contributed by atoms with Gasteiger partial charge in [0.25, 0.3) is 17.5 Å². The number of nitro groups is 1. The molecule has 1 fully saturated rings. The average Bonchev–Trinajstić information content (AvgIpc) is 3.29. The molecule has 3 aromatic rings. The molecule has 0 unspecified atom stereocenters. The van der Waals surface area contributed by atoms with Crippen molar-refractivity contribution in [3.8, 4) is 11.3 Å². The SMILES string of the molecule is CCCCc1ccc(N2C(=O)/C(=C\c3ccc(-c4cc([N+](=O)[O-])ccc4Cl)o3)C(=O)NC2=S)cc1. The minimum absolute atomic E-state index is 0.0121. The van der Waals surface area contributed by atoms with Gasteiger partial charge in [-0.15, -0.1) is 0 Å². The van der Waals surface area contributed by atoms with Crippen molar-refractivity contribution in [2.24, 2.45) is 0 Å². The molecule has 2 aromatic carbocycles. The van der Waals surface area contributed by atoms with Crippen LogP contribution >= 0.6 is 23.8 Å². The van der Waals surface area contributed by atoms with E-state index in [4.69, 9.17) is 28.2 Å². The summed E-state index contributed by atoms with van der Waals surface area (Å²) in [6.45, 7) is 2.12. The second-order valence-electron chi connectivity index (χ2n) is 7.85. The average molecular weight is 510 g/mol. The van der Waals surface area contributed by atoms with Gasteiger partial charge in [0.1, 0.15) is 17.1 Å². The van der Waals surface area contributed by atoms with Crippen molar-refractivity contribution in [3.05, 3.63) is 86.6 Å². The second-order valence-corrected chi connectivity index (χ2v) is 8.65. The van der Waals surface area contributed by atoms with Crippen LogP contribution in [-0.2, 0) is 16.0 Å². The number of unbranched alkanes of at least 4 members (excludes halogenated alkanes) is 1. The number of aryl methyl sites for hydroxylation is 1. The number of halogens is 1. The summed E-state index contributed by atoms with van der Waals surface area (Å²) in [6, 6.07) is 14.5. The molecule has 1 N–H and O–H groups in total. The molecule has 1 aliphatic heterocycles. The molecule has 1 aromatic heterocycles. The lowest BCUT2D eigenvalue weighted by molar-refractivity contribution is -0.384. The number of non-ortho nitro benzene ring substituents is 1. The van der Waals surface area contributed by atoms with Crippen molar-refractivity contribution < 1.29 is 18.9 Å². The first kappa shape index (κ1) is 24.3. The lowest BCUT2D eigenvalue weighted by atomic mass is 10.1. The molecule has 0 aliphatic carbocycles. The second kappa shape index (κ2) is 10.2. The molecule has 0 atom stereocenters. The molecule has 2 amide bonds. The van der Waals surface area contributed by atoms with Gasteiger partial charge in [-0.05, 0) is 67.0 Å². The van der Waals surface area contributed by atoms with Gasteiger partial charge in [-0.25, -0.2) is 0 Å². The van der Waals surface area contributed by atoms with E-state index in [9.17, 15) is 19.7 Å². The summed E-state index contributed by atoms with van der Waals surface area (Å²) in [5.41, 5.74) is 1.69. The number of furan rings is 1. The zero-order valence-corrected chi connectivity index (χ0v) is 20.2. The fourth-order valence-electron chi connectivity index (χ4n) is 3.62. The number of carbonyl (C=O) groups is 2. The quantitative estimate of drug-likeness (QED) is 0.144. The molecule has 4 rings (SSSR count). The zero-order chi connectivity index (χ0) is 25.1. The first-order valence-corrected chi connectivity index (χ1v) is 11.6. The number of hydrogen-bond donors (Lipinski definition) is 1. The van der Waals surface area contributed by atoms with E-state index in [2.05, 4.69) is 12.2 Å². The number of amides is 2. The number of carbonyl (C=O) groups excluding carboxylic acids is 2. The molecular weight excluding hydrogens is 490 g/mol. The van der Waals surface area contributed by atoms with Crippen LogP contribution in [0.1, 0.15) is 31.1 Å². The number of nitrogens with one attached hydrogen (secondary N) is 1. The minimum Gasteiger partial charge on any atom is -0.457 e. The van der Waals surface area contributed by atoms with Crippen molar-refractivity contribution in [3.63, 3.8) is 0 Å². The van der Waals surface area contributed by atoms with E-state index < -0.39 is 16.7 Å². The Morgan fingerprint density at radius 1 is 1.14 bits per heavy atom. The van der Waals surface area contributed by atoms with Crippen LogP contribution < -0.4 is 10.2 Å². The van der Waals surface area contributed by atoms with Gasteiger partial charge < -0.3 is 4.42 Å². The van der Waals surface area contributed by atoms with Gasteiger partial charge in [0.15, 0.2) is 5.11 Å².